The fourth-order valence-corrected chi connectivity index (χ4v) is 6.10. The second kappa shape index (κ2) is 10.1. The first-order valence-corrected chi connectivity index (χ1v) is 13.8. The lowest BCUT2D eigenvalue weighted by Crippen LogP contribution is -2.43. The lowest BCUT2D eigenvalue weighted by Gasteiger charge is -2.25. The zero-order chi connectivity index (χ0) is 26.3. The Hall–Kier alpha value is -2.97. The molecule has 1 fully saturated rings. The molecule has 1 aliphatic heterocycles. The Kier molecular flexibility index (Phi) is 6.98. The summed E-state index contributed by atoms with van der Waals surface area (Å²) in [5.41, 5.74) is 3.13. The third-order valence-electron chi connectivity index (χ3n) is 6.55. The summed E-state index contributed by atoms with van der Waals surface area (Å²) in [6.45, 7) is 6.26. The summed E-state index contributed by atoms with van der Waals surface area (Å²) in [4.78, 5) is 28.2. The highest BCUT2D eigenvalue weighted by atomic mass is 35.5. The number of halogens is 1. The van der Waals surface area contributed by atoms with Crippen LogP contribution in [0, 0.1) is 0 Å². The Bertz CT molecular complexity index is 1330. The molecule has 5 rings (SSSR count). The number of methoxy groups -OCH3 is 1. The van der Waals surface area contributed by atoms with Gasteiger partial charge in [0.25, 0.3) is 0 Å². The van der Waals surface area contributed by atoms with Gasteiger partial charge in [0, 0.05) is 22.0 Å². The van der Waals surface area contributed by atoms with Gasteiger partial charge >= 0.3 is 0 Å². The highest BCUT2D eigenvalue weighted by Crippen LogP contribution is 2.49. The molecule has 1 saturated carbocycles. The predicted molar refractivity (Wildman–Crippen MR) is 148 cm³/mol. The van der Waals surface area contributed by atoms with Crippen molar-refractivity contribution in [2.24, 2.45) is 0 Å². The molecule has 0 radical (unpaired) electrons. The van der Waals surface area contributed by atoms with E-state index in [2.05, 4.69) is 26.1 Å². The van der Waals surface area contributed by atoms with E-state index in [1.165, 1.54) is 11.8 Å². The third kappa shape index (κ3) is 5.22. The second-order valence-corrected chi connectivity index (χ2v) is 12.0. The molecule has 9 heteroatoms. The maximum Gasteiger partial charge on any atom is 0.240 e. The molecular formula is C28H31ClN4O3S. The Morgan fingerprint density at radius 3 is 2.49 bits per heavy atom. The predicted octanol–water partition coefficient (Wildman–Crippen LogP) is 5.28. The lowest BCUT2D eigenvalue weighted by atomic mass is 9.87. The zero-order valence-electron chi connectivity index (χ0n) is 21.5. The van der Waals surface area contributed by atoms with E-state index in [-0.39, 0.29) is 40.8 Å². The van der Waals surface area contributed by atoms with E-state index < -0.39 is 0 Å². The normalized spacial score (nSPS) is 17.8. The molecule has 2 amide bonds. The van der Waals surface area contributed by atoms with Crippen LogP contribution in [0.25, 0.3) is 5.69 Å². The smallest absolute Gasteiger partial charge is 0.240 e. The molecule has 0 unspecified atom stereocenters. The van der Waals surface area contributed by atoms with Crippen molar-refractivity contribution in [3.8, 4) is 11.4 Å². The van der Waals surface area contributed by atoms with Gasteiger partial charge in [-0.25, -0.2) is 4.68 Å². The van der Waals surface area contributed by atoms with Gasteiger partial charge in [0.1, 0.15) is 18.1 Å². The number of fused-ring (bicyclic) bond motifs is 1. The van der Waals surface area contributed by atoms with Gasteiger partial charge < -0.3 is 10.1 Å². The van der Waals surface area contributed by atoms with Crippen molar-refractivity contribution in [2.45, 2.75) is 50.3 Å². The minimum Gasteiger partial charge on any atom is -0.497 e. The second-order valence-electron chi connectivity index (χ2n) is 10.5. The SMILES string of the molecule is COc1ccc(-n2nc(C(C)(C)C)c3c2N(CC(=O)NC2CC2)C(=O)CS[C@@H]3c2ccccc2Cl)cc1. The van der Waals surface area contributed by atoms with E-state index >= 15 is 0 Å². The molecule has 0 saturated heterocycles. The highest BCUT2D eigenvalue weighted by Gasteiger charge is 2.40. The molecule has 1 N–H and O–H groups in total. The number of anilines is 1. The summed E-state index contributed by atoms with van der Waals surface area (Å²) in [5, 5.41) is 8.53. The fourth-order valence-electron chi connectivity index (χ4n) is 4.55. The first-order valence-electron chi connectivity index (χ1n) is 12.4. The number of carbonyl (C=O) groups is 2. The first kappa shape index (κ1) is 25.7. The Morgan fingerprint density at radius 1 is 1.16 bits per heavy atom. The van der Waals surface area contributed by atoms with Gasteiger partial charge in [-0.3, -0.25) is 14.5 Å². The maximum absolute atomic E-state index is 13.6. The summed E-state index contributed by atoms with van der Waals surface area (Å²) in [6, 6.07) is 15.5. The van der Waals surface area contributed by atoms with Crippen LogP contribution in [0.1, 0.15) is 55.7 Å². The first-order chi connectivity index (χ1) is 17.7. The highest BCUT2D eigenvalue weighted by molar-refractivity contribution is 8.00. The number of benzene rings is 2. The van der Waals surface area contributed by atoms with E-state index in [0.29, 0.717) is 10.8 Å². The number of aromatic nitrogens is 2. The van der Waals surface area contributed by atoms with Crippen LogP contribution in [-0.4, -0.2) is 47.0 Å². The van der Waals surface area contributed by atoms with Crippen molar-refractivity contribution >= 4 is 41.0 Å². The van der Waals surface area contributed by atoms with Crippen molar-refractivity contribution in [3.05, 3.63) is 70.4 Å². The van der Waals surface area contributed by atoms with E-state index in [1.54, 1.807) is 16.7 Å². The van der Waals surface area contributed by atoms with Crippen molar-refractivity contribution in [1.82, 2.24) is 15.1 Å². The van der Waals surface area contributed by atoms with Crippen molar-refractivity contribution in [1.29, 1.82) is 0 Å². The molecule has 2 aliphatic rings. The van der Waals surface area contributed by atoms with Crippen molar-refractivity contribution in [2.75, 3.05) is 24.3 Å². The van der Waals surface area contributed by atoms with Gasteiger partial charge in [-0.15, -0.1) is 11.8 Å². The van der Waals surface area contributed by atoms with Crippen LogP contribution in [0.3, 0.4) is 0 Å². The Balaban J connectivity index is 1.75. The quantitative estimate of drug-likeness (QED) is 0.462. The van der Waals surface area contributed by atoms with Crippen LogP contribution < -0.4 is 15.0 Å². The average Bonchev–Trinajstić information content (AvgIpc) is 3.61. The van der Waals surface area contributed by atoms with Crippen molar-refractivity contribution in [3.63, 3.8) is 0 Å². The van der Waals surface area contributed by atoms with Crippen LogP contribution in [0.5, 0.6) is 5.75 Å². The summed E-state index contributed by atoms with van der Waals surface area (Å²) in [7, 11) is 1.62. The number of rotatable bonds is 6. The molecule has 2 aromatic carbocycles. The van der Waals surface area contributed by atoms with Crippen LogP contribution in [0.4, 0.5) is 5.82 Å². The molecule has 194 valence electrons. The summed E-state index contributed by atoms with van der Waals surface area (Å²) >= 11 is 8.23. The molecule has 3 aromatic rings. The van der Waals surface area contributed by atoms with Gasteiger partial charge in [0.2, 0.25) is 11.8 Å². The van der Waals surface area contributed by atoms with Gasteiger partial charge in [-0.2, -0.15) is 5.10 Å². The number of nitrogens with one attached hydrogen (secondary N) is 1. The van der Waals surface area contributed by atoms with Gasteiger partial charge in [0.05, 0.1) is 29.5 Å². The van der Waals surface area contributed by atoms with E-state index in [9.17, 15) is 9.59 Å². The van der Waals surface area contributed by atoms with Crippen LogP contribution >= 0.6 is 23.4 Å². The molecule has 2 heterocycles. The number of thioether (sulfide) groups is 1. The molecule has 1 aromatic heterocycles. The molecule has 0 spiro atoms. The number of nitrogens with zero attached hydrogens (tertiary/aromatic N) is 3. The lowest BCUT2D eigenvalue weighted by molar-refractivity contribution is -0.123. The molecule has 0 bridgehead atoms. The van der Waals surface area contributed by atoms with Crippen LogP contribution in [-0.2, 0) is 15.0 Å². The number of hydrogen-bond acceptors (Lipinski definition) is 5. The molecule has 7 nitrogen and oxygen atoms in total. The van der Waals surface area contributed by atoms with Crippen molar-refractivity contribution < 1.29 is 14.3 Å². The summed E-state index contributed by atoms with van der Waals surface area (Å²) < 4.78 is 7.15. The van der Waals surface area contributed by atoms with E-state index in [1.807, 2.05) is 48.5 Å². The largest absolute Gasteiger partial charge is 0.497 e. The van der Waals surface area contributed by atoms with Gasteiger partial charge in [0.15, 0.2) is 0 Å². The van der Waals surface area contributed by atoms with E-state index in [0.717, 1.165) is 41.1 Å². The Morgan fingerprint density at radius 2 is 1.86 bits per heavy atom. The average molecular weight is 539 g/mol. The van der Waals surface area contributed by atoms with Crippen LogP contribution in [0.15, 0.2) is 48.5 Å². The summed E-state index contributed by atoms with van der Waals surface area (Å²) in [6.07, 6.45) is 1.96. The number of ether oxygens (including phenoxy) is 1. The maximum atomic E-state index is 13.6. The molecule has 1 aliphatic carbocycles. The molecule has 1 atom stereocenters. The minimum atomic E-state index is -0.336. The molecule has 37 heavy (non-hydrogen) atoms. The third-order valence-corrected chi connectivity index (χ3v) is 8.13. The minimum absolute atomic E-state index is 0.0659. The van der Waals surface area contributed by atoms with Gasteiger partial charge in [-0.05, 0) is 48.7 Å². The van der Waals surface area contributed by atoms with E-state index in [4.69, 9.17) is 21.4 Å². The zero-order valence-corrected chi connectivity index (χ0v) is 23.0. The fraction of sp³-hybridized carbons (Fsp3) is 0.393. The Labute approximate surface area is 226 Å². The van der Waals surface area contributed by atoms with Gasteiger partial charge in [-0.1, -0.05) is 50.6 Å². The molecular weight excluding hydrogens is 508 g/mol. The summed E-state index contributed by atoms with van der Waals surface area (Å²) in [5.74, 6) is 1.25. The number of hydrogen-bond donors (Lipinski definition) is 1. The topological polar surface area (TPSA) is 76.5 Å². The van der Waals surface area contributed by atoms with Crippen LogP contribution in [0.2, 0.25) is 5.02 Å². The standard InChI is InChI=1S/C28H31ClN4O3S/c1-28(2,3)26-24-25(20-7-5-6-8-21(20)29)37-16-23(35)32(15-22(34)30-17-9-10-17)27(24)33(31-26)18-11-13-19(36-4)14-12-18/h5-8,11-14,17,25H,9-10,15-16H2,1-4H3,(H,30,34)/t25-/m1/s1. The number of carbonyl (C=O) groups excluding carboxylic acids is 2. The monoisotopic (exact) mass is 538 g/mol. The number of amides is 2.